The number of hydrogen-bond acceptors (Lipinski definition) is 6. The van der Waals surface area contributed by atoms with E-state index in [4.69, 9.17) is 4.74 Å². The number of methoxy groups -OCH3 is 1. The van der Waals surface area contributed by atoms with E-state index in [-0.39, 0.29) is 11.4 Å². The van der Waals surface area contributed by atoms with Crippen molar-refractivity contribution in [3.63, 3.8) is 0 Å². The summed E-state index contributed by atoms with van der Waals surface area (Å²) >= 11 is 0. The van der Waals surface area contributed by atoms with Crippen LogP contribution < -0.4 is 10.1 Å². The van der Waals surface area contributed by atoms with Gasteiger partial charge in [0.15, 0.2) is 17.3 Å². The first-order chi connectivity index (χ1) is 16.0. The van der Waals surface area contributed by atoms with Gasteiger partial charge in [-0.1, -0.05) is 30.3 Å². The van der Waals surface area contributed by atoms with Crippen LogP contribution in [0.3, 0.4) is 0 Å². The van der Waals surface area contributed by atoms with E-state index in [1.165, 1.54) is 34.8 Å². The Bertz CT molecular complexity index is 1480. The van der Waals surface area contributed by atoms with Gasteiger partial charge in [0.1, 0.15) is 17.1 Å². The van der Waals surface area contributed by atoms with Gasteiger partial charge in [-0.3, -0.25) is 14.5 Å². The molecule has 1 aromatic carbocycles. The van der Waals surface area contributed by atoms with E-state index in [1.807, 2.05) is 30.3 Å². The Morgan fingerprint density at radius 1 is 1.15 bits per heavy atom. The van der Waals surface area contributed by atoms with Gasteiger partial charge in [-0.15, -0.1) is 5.10 Å². The second-order valence-corrected chi connectivity index (χ2v) is 7.18. The lowest BCUT2D eigenvalue weighted by molar-refractivity contribution is 0.101. The van der Waals surface area contributed by atoms with E-state index in [9.17, 15) is 9.18 Å². The van der Waals surface area contributed by atoms with Crippen molar-refractivity contribution in [3.05, 3.63) is 78.6 Å². The van der Waals surface area contributed by atoms with Crippen molar-refractivity contribution in [3.8, 4) is 28.4 Å². The van der Waals surface area contributed by atoms with E-state index in [0.717, 1.165) is 5.56 Å². The van der Waals surface area contributed by atoms with Crippen LogP contribution in [0.25, 0.3) is 28.3 Å². The van der Waals surface area contributed by atoms with Crippen LogP contribution >= 0.6 is 0 Å². The maximum absolute atomic E-state index is 14.8. The number of halogens is 1. The minimum atomic E-state index is -0.653. The van der Waals surface area contributed by atoms with Crippen LogP contribution in [0, 0.1) is 5.82 Å². The summed E-state index contributed by atoms with van der Waals surface area (Å²) in [4.78, 5) is 21.9. The first-order valence-corrected chi connectivity index (χ1v) is 9.99. The second-order valence-electron chi connectivity index (χ2n) is 7.18. The Morgan fingerprint density at radius 3 is 2.76 bits per heavy atom. The number of fused-ring (bicyclic) bond motifs is 1. The summed E-state index contributed by atoms with van der Waals surface area (Å²) in [6.45, 7) is 0. The van der Waals surface area contributed by atoms with Crippen LogP contribution in [0.4, 0.5) is 10.1 Å². The third kappa shape index (κ3) is 3.67. The van der Waals surface area contributed by atoms with Crippen LogP contribution in [0.15, 0.2) is 67.1 Å². The van der Waals surface area contributed by atoms with Gasteiger partial charge in [-0.2, -0.15) is 5.10 Å². The summed E-state index contributed by atoms with van der Waals surface area (Å²) < 4.78 is 22.9. The van der Waals surface area contributed by atoms with Gasteiger partial charge in [0.25, 0.3) is 5.91 Å². The van der Waals surface area contributed by atoms with E-state index in [0.29, 0.717) is 28.5 Å². The number of nitrogens with zero attached hydrogens (tertiary/aromatic N) is 6. The van der Waals surface area contributed by atoms with E-state index in [1.54, 1.807) is 25.4 Å². The lowest BCUT2D eigenvalue weighted by Gasteiger charge is -2.10. The number of hydrogen-bond donors (Lipinski definition) is 1. The molecule has 33 heavy (non-hydrogen) atoms. The number of rotatable bonds is 5. The minimum Gasteiger partial charge on any atom is -0.494 e. The molecule has 10 heteroatoms. The normalized spacial score (nSPS) is 11.0. The Kier molecular flexibility index (Phi) is 5.02. The molecule has 0 spiro atoms. The molecule has 5 aromatic rings. The standard InChI is InChI=1S/C23H18FN7O2/c1-30-21(15(12-26-30)20-18(33-2)9-6-10-25-20)23(32)27-17-11-19-28-22(14-7-4-3-5-8-14)29-31(19)13-16(17)24/h3-13H,1-2H3,(H,27,32). The lowest BCUT2D eigenvalue weighted by Crippen LogP contribution is -2.18. The van der Waals surface area contributed by atoms with Gasteiger partial charge in [0, 0.05) is 24.9 Å². The van der Waals surface area contributed by atoms with E-state index < -0.39 is 11.7 Å². The molecule has 0 atom stereocenters. The highest BCUT2D eigenvalue weighted by molar-refractivity contribution is 6.07. The van der Waals surface area contributed by atoms with Crippen molar-refractivity contribution in [2.45, 2.75) is 0 Å². The fourth-order valence-corrected chi connectivity index (χ4v) is 3.53. The zero-order valence-corrected chi connectivity index (χ0v) is 17.7. The van der Waals surface area contributed by atoms with Crippen LogP contribution in [0.2, 0.25) is 0 Å². The molecule has 0 saturated carbocycles. The molecule has 0 fully saturated rings. The van der Waals surface area contributed by atoms with Gasteiger partial charge in [0.05, 0.1) is 30.8 Å². The van der Waals surface area contributed by atoms with Crippen molar-refractivity contribution in [2.75, 3.05) is 12.4 Å². The monoisotopic (exact) mass is 443 g/mol. The molecule has 0 bridgehead atoms. The zero-order valence-electron chi connectivity index (χ0n) is 17.7. The third-order valence-corrected chi connectivity index (χ3v) is 5.10. The van der Waals surface area contributed by atoms with Crippen LogP contribution in [0.1, 0.15) is 10.5 Å². The highest BCUT2D eigenvalue weighted by Gasteiger charge is 2.23. The van der Waals surface area contributed by atoms with Crippen LogP contribution in [-0.4, -0.2) is 42.4 Å². The molecule has 1 amide bonds. The van der Waals surface area contributed by atoms with Crippen LogP contribution in [0.5, 0.6) is 5.75 Å². The van der Waals surface area contributed by atoms with Crippen molar-refractivity contribution < 1.29 is 13.9 Å². The number of aryl methyl sites for hydroxylation is 1. The average molecular weight is 443 g/mol. The number of pyridine rings is 2. The summed E-state index contributed by atoms with van der Waals surface area (Å²) in [7, 11) is 3.14. The predicted octanol–water partition coefficient (Wildman–Crippen LogP) is 3.59. The molecule has 0 aliphatic rings. The predicted molar refractivity (Wildman–Crippen MR) is 119 cm³/mol. The number of amides is 1. The highest BCUT2D eigenvalue weighted by atomic mass is 19.1. The zero-order chi connectivity index (χ0) is 22.9. The Morgan fingerprint density at radius 2 is 1.97 bits per heavy atom. The van der Waals surface area contributed by atoms with Crippen molar-refractivity contribution in [2.24, 2.45) is 7.05 Å². The average Bonchev–Trinajstić information content (AvgIpc) is 3.42. The van der Waals surface area contributed by atoms with Crippen molar-refractivity contribution in [1.29, 1.82) is 0 Å². The first-order valence-electron chi connectivity index (χ1n) is 9.99. The van der Waals surface area contributed by atoms with Crippen LogP contribution in [-0.2, 0) is 7.05 Å². The smallest absolute Gasteiger partial charge is 0.274 e. The van der Waals surface area contributed by atoms with Crippen molar-refractivity contribution >= 4 is 17.2 Å². The van der Waals surface area contributed by atoms with Gasteiger partial charge in [0.2, 0.25) is 0 Å². The molecule has 0 aliphatic heterocycles. The second kappa shape index (κ2) is 8.15. The molecule has 1 N–H and O–H groups in total. The number of nitrogens with one attached hydrogen (secondary N) is 1. The van der Waals surface area contributed by atoms with Gasteiger partial charge < -0.3 is 10.1 Å². The molecule has 4 aromatic heterocycles. The number of carbonyl (C=O) groups is 1. The number of aromatic nitrogens is 6. The highest BCUT2D eigenvalue weighted by Crippen LogP contribution is 2.30. The number of carbonyl (C=O) groups excluding carboxylic acids is 1. The minimum absolute atomic E-state index is 0.0281. The summed E-state index contributed by atoms with van der Waals surface area (Å²) in [6, 6.07) is 14.3. The molecule has 0 unspecified atom stereocenters. The topological polar surface area (TPSA) is 99.2 Å². The third-order valence-electron chi connectivity index (χ3n) is 5.10. The molecule has 9 nitrogen and oxygen atoms in total. The van der Waals surface area contributed by atoms with Gasteiger partial charge >= 0.3 is 0 Å². The fraction of sp³-hybridized carbons (Fsp3) is 0.0870. The van der Waals surface area contributed by atoms with Gasteiger partial charge in [-0.05, 0) is 12.1 Å². The maximum Gasteiger partial charge on any atom is 0.274 e. The molecular weight excluding hydrogens is 425 g/mol. The summed E-state index contributed by atoms with van der Waals surface area (Å²) in [6.07, 6.45) is 4.29. The largest absolute Gasteiger partial charge is 0.494 e. The molecule has 164 valence electrons. The van der Waals surface area contributed by atoms with Crippen molar-refractivity contribution in [1.82, 2.24) is 29.4 Å². The Labute approximate surface area is 187 Å². The molecule has 0 saturated heterocycles. The lowest BCUT2D eigenvalue weighted by atomic mass is 10.1. The Balaban J connectivity index is 1.50. The fourth-order valence-electron chi connectivity index (χ4n) is 3.53. The number of benzene rings is 1. The Hall–Kier alpha value is -4.60. The first kappa shape index (κ1) is 20.3. The number of ether oxygens (including phenoxy) is 1. The maximum atomic E-state index is 14.8. The SMILES string of the molecule is COc1cccnc1-c1cnn(C)c1C(=O)Nc1cc2nc(-c3ccccc3)nn2cc1F. The van der Waals surface area contributed by atoms with Gasteiger partial charge in [-0.25, -0.2) is 13.9 Å². The summed E-state index contributed by atoms with van der Waals surface area (Å²) in [5, 5.41) is 11.1. The molecular formula is C23H18FN7O2. The van der Waals surface area contributed by atoms with E-state index in [2.05, 4.69) is 25.5 Å². The molecule has 5 rings (SSSR count). The molecule has 0 radical (unpaired) electrons. The molecule has 0 aliphatic carbocycles. The summed E-state index contributed by atoms with van der Waals surface area (Å²) in [5.74, 6) is -0.262. The number of anilines is 1. The quantitative estimate of drug-likeness (QED) is 0.446. The molecule has 4 heterocycles. The summed E-state index contributed by atoms with van der Waals surface area (Å²) in [5.41, 5.74) is 2.29. The van der Waals surface area contributed by atoms with E-state index >= 15 is 0 Å².